The van der Waals surface area contributed by atoms with E-state index in [0.29, 0.717) is 22.4 Å². The molecule has 3 aromatic rings. The summed E-state index contributed by atoms with van der Waals surface area (Å²) in [5, 5.41) is 6.68. The number of nitrogens with one attached hydrogen (secondary N) is 2. The number of hydrogen-bond donors (Lipinski definition) is 2. The van der Waals surface area contributed by atoms with Gasteiger partial charge in [-0.3, -0.25) is 9.78 Å². The van der Waals surface area contributed by atoms with Gasteiger partial charge in [0.2, 0.25) is 11.9 Å². The van der Waals surface area contributed by atoms with Crippen LogP contribution in [0.3, 0.4) is 0 Å². The third-order valence-electron chi connectivity index (χ3n) is 4.31. The molecule has 0 unspecified atom stereocenters. The molecule has 2 N–H and O–H groups in total. The van der Waals surface area contributed by atoms with E-state index in [2.05, 4.69) is 25.6 Å². The quantitative estimate of drug-likeness (QED) is 0.716. The van der Waals surface area contributed by atoms with Gasteiger partial charge in [0, 0.05) is 28.5 Å². The summed E-state index contributed by atoms with van der Waals surface area (Å²) in [5.41, 5.74) is 5.76. The lowest BCUT2D eigenvalue weighted by Gasteiger charge is -2.13. The van der Waals surface area contributed by atoms with Gasteiger partial charge in [-0.25, -0.2) is 9.97 Å². The van der Waals surface area contributed by atoms with Crippen molar-refractivity contribution in [3.05, 3.63) is 58.5 Å². The molecule has 0 fully saturated rings. The zero-order valence-corrected chi connectivity index (χ0v) is 15.1. The number of pyridine rings is 1. The lowest BCUT2D eigenvalue weighted by Crippen LogP contribution is -2.12. The second-order valence-corrected chi connectivity index (χ2v) is 6.63. The van der Waals surface area contributed by atoms with E-state index in [1.165, 1.54) is 0 Å². The third kappa shape index (κ3) is 2.99. The van der Waals surface area contributed by atoms with E-state index in [1.54, 1.807) is 24.5 Å². The van der Waals surface area contributed by atoms with Crippen molar-refractivity contribution < 1.29 is 4.79 Å². The molecule has 0 aliphatic carbocycles. The van der Waals surface area contributed by atoms with Crippen molar-refractivity contribution in [2.24, 2.45) is 0 Å². The first-order chi connectivity index (χ1) is 12.5. The number of carbonyl (C=O) groups is 1. The normalized spacial score (nSPS) is 12.7. The molecule has 1 aliphatic rings. The number of anilines is 3. The predicted octanol–water partition coefficient (Wildman–Crippen LogP) is 4.05. The Balaban J connectivity index is 1.81. The summed E-state index contributed by atoms with van der Waals surface area (Å²) in [6, 6.07) is 7.30. The van der Waals surface area contributed by atoms with Gasteiger partial charge in [0.1, 0.15) is 0 Å². The highest BCUT2D eigenvalue weighted by molar-refractivity contribution is 6.31. The van der Waals surface area contributed by atoms with Crippen LogP contribution in [0.5, 0.6) is 0 Å². The molecular formula is C19H16ClN5O. The molecule has 1 aromatic carbocycles. The van der Waals surface area contributed by atoms with Gasteiger partial charge in [-0.1, -0.05) is 11.6 Å². The summed E-state index contributed by atoms with van der Waals surface area (Å²) < 4.78 is 0. The summed E-state index contributed by atoms with van der Waals surface area (Å²) in [4.78, 5) is 25.5. The van der Waals surface area contributed by atoms with E-state index in [0.717, 1.165) is 28.1 Å². The molecule has 1 amide bonds. The zero-order valence-electron chi connectivity index (χ0n) is 14.3. The molecule has 3 heterocycles. The number of benzene rings is 1. The standard InChI is InChI=1S/C19H16ClN5O/c1-10-5-6-21-11(2)17(10)24-19-22-9-12-7-16(26)23-15-8-13(20)3-4-14(15)18(12)25-19/h3-6,8-9H,7H2,1-2H3,(H,23,26)(H,22,24,25). The lowest BCUT2D eigenvalue weighted by molar-refractivity contribution is -0.115. The Bertz CT molecular complexity index is 1010. The Kier molecular flexibility index (Phi) is 4.05. The molecule has 6 nitrogen and oxygen atoms in total. The summed E-state index contributed by atoms with van der Waals surface area (Å²) >= 11 is 6.07. The zero-order chi connectivity index (χ0) is 18.3. The Morgan fingerprint density at radius 2 is 2.04 bits per heavy atom. The SMILES string of the molecule is Cc1ccnc(C)c1Nc1ncc2c(n1)-c1ccc(Cl)cc1NC(=O)C2. The van der Waals surface area contributed by atoms with Gasteiger partial charge in [0.25, 0.3) is 0 Å². The molecule has 0 radical (unpaired) electrons. The number of carbonyl (C=O) groups excluding carboxylic acids is 1. The highest BCUT2D eigenvalue weighted by Gasteiger charge is 2.21. The van der Waals surface area contributed by atoms with E-state index in [1.807, 2.05) is 26.0 Å². The molecule has 2 aromatic heterocycles. The second-order valence-electron chi connectivity index (χ2n) is 6.20. The van der Waals surface area contributed by atoms with Crippen molar-refractivity contribution >= 4 is 34.8 Å². The minimum Gasteiger partial charge on any atom is -0.325 e. The lowest BCUT2D eigenvalue weighted by atomic mass is 10.1. The van der Waals surface area contributed by atoms with Crippen LogP contribution in [0.1, 0.15) is 16.8 Å². The molecule has 0 saturated carbocycles. The van der Waals surface area contributed by atoms with Gasteiger partial charge < -0.3 is 10.6 Å². The number of amides is 1. The van der Waals surface area contributed by atoms with Gasteiger partial charge in [-0.05, 0) is 43.7 Å². The van der Waals surface area contributed by atoms with Crippen molar-refractivity contribution in [1.82, 2.24) is 15.0 Å². The van der Waals surface area contributed by atoms with E-state index in [-0.39, 0.29) is 12.3 Å². The van der Waals surface area contributed by atoms with Crippen molar-refractivity contribution in [2.75, 3.05) is 10.6 Å². The smallest absolute Gasteiger partial charge is 0.228 e. The highest BCUT2D eigenvalue weighted by Crippen LogP contribution is 2.35. The summed E-state index contributed by atoms with van der Waals surface area (Å²) in [5.74, 6) is 0.341. The first-order valence-electron chi connectivity index (χ1n) is 8.16. The van der Waals surface area contributed by atoms with Gasteiger partial charge in [-0.15, -0.1) is 0 Å². The van der Waals surface area contributed by atoms with Crippen molar-refractivity contribution in [3.63, 3.8) is 0 Å². The van der Waals surface area contributed by atoms with Gasteiger partial charge in [0.15, 0.2) is 0 Å². The number of aromatic nitrogens is 3. The average Bonchev–Trinajstić information content (AvgIpc) is 2.73. The van der Waals surface area contributed by atoms with Gasteiger partial charge >= 0.3 is 0 Å². The summed E-state index contributed by atoms with van der Waals surface area (Å²) in [6.45, 7) is 3.93. The molecule has 26 heavy (non-hydrogen) atoms. The molecule has 0 saturated heterocycles. The first kappa shape index (κ1) is 16.5. The van der Waals surface area contributed by atoms with Crippen LogP contribution in [0, 0.1) is 13.8 Å². The number of halogens is 1. The Morgan fingerprint density at radius 3 is 2.85 bits per heavy atom. The molecule has 130 valence electrons. The van der Waals surface area contributed by atoms with Crippen LogP contribution in [0.4, 0.5) is 17.3 Å². The highest BCUT2D eigenvalue weighted by atomic mass is 35.5. The first-order valence-corrected chi connectivity index (χ1v) is 8.54. The predicted molar refractivity (Wildman–Crippen MR) is 102 cm³/mol. The van der Waals surface area contributed by atoms with Crippen LogP contribution in [0.2, 0.25) is 5.02 Å². The Labute approximate surface area is 155 Å². The van der Waals surface area contributed by atoms with Crippen LogP contribution in [-0.2, 0) is 11.2 Å². The molecule has 7 heteroatoms. The topological polar surface area (TPSA) is 79.8 Å². The van der Waals surface area contributed by atoms with Crippen molar-refractivity contribution in [2.45, 2.75) is 20.3 Å². The molecule has 0 spiro atoms. The molecule has 4 rings (SSSR count). The van der Waals surface area contributed by atoms with Gasteiger partial charge in [0.05, 0.1) is 29.2 Å². The maximum absolute atomic E-state index is 12.2. The number of rotatable bonds is 2. The number of aryl methyl sites for hydroxylation is 2. The van der Waals surface area contributed by atoms with Crippen LogP contribution in [0.15, 0.2) is 36.7 Å². The minimum atomic E-state index is -0.115. The van der Waals surface area contributed by atoms with Crippen LogP contribution in [-0.4, -0.2) is 20.9 Å². The van der Waals surface area contributed by atoms with Gasteiger partial charge in [-0.2, -0.15) is 0 Å². The Morgan fingerprint density at radius 1 is 1.19 bits per heavy atom. The summed E-state index contributed by atoms with van der Waals surface area (Å²) in [6.07, 6.45) is 3.67. The fourth-order valence-corrected chi connectivity index (χ4v) is 3.19. The number of nitrogens with zero attached hydrogens (tertiary/aromatic N) is 3. The maximum Gasteiger partial charge on any atom is 0.228 e. The van der Waals surface area contributed by atoms with E-state index in [9.17, 15) is 4.79 Å². The molecule has 1 aliphatic heterocycles. The van der Waals surface area contributed by atoms with Crippen LogP contribution >= 0.6 is 11.6 Å². The Hall–Kier alpha value is -2.99. The monoisotopic (exact) mass is 365 g/mol. The van der Waals surface area contributed by atoms with E-state index in [4.69, 9.17) is 11.6 Å². The van der Waals surface area contributed by atoms with Crippen LogP contribution < -0.4 is 10.6 Å². The van der Waals surface area contributed by atoms with Crippen molar-refractivity contribution in [1.29, 1.82) is 0 Å². The fraction of sp³-hybridized carbons (Fsp3) is 0.158. The maximum atomic E-state index is 12.2. The van der Waals surface area contributed by atoms with Crippen LogP contribution in [0.25, 0.3) is 11.3 Å². The molecule has 0 atom stereocenters. The largest absolute Gasteiger partial charge is 0.325 e. The summed E-state index contributed by atoms with van der Waals surface area (Å²) in [7, 11) is 0. The average molecular weight is 366 g/mol. The molecular weight excluding hydrogens is 350 g/mol. The van der Waals surface area contributed by atoms with E-state index >= 15 is 0 Å². The van der Waals surface area contributed by atoms with E-state index < -0.39 is 0 Å². The number of fused-ring (bicyclic) bond motifs is 3. The third-order valence-corrected chi connectivity index (χ3v) is 4.55. The fourth-order valence-electron chi connectivity index (χ4n) is 3.02. The number of hydrogen-bond acceptors (Lipinski definition) is 5. The minimum absolute atomic E-state index is 0.115. The van der Waals surface area contributed by atoms with Crippen molar-refractivity contribution in [3.8, 4) is 11.3 Å². The molecule has 0 bridgehead atoms. The second kappa shape index (κ2) is 6.38.